The number of fused-ring (bicyclic) bond motifs is 1. The molecule has 3 aromatic heterocycles. The summed E-state index contributed by atoms with van der Waals surface area (Å²) in [6.07, 6.45) is 1.72. The average Bonchev–Trinajstić information content (AvgIpc) is 2.97. The van der Waals surface area contributed by atoms with Gasteiger partial charge in [-0.25, -0.2) is 9.97 Å². The van der Waals surface area contributed by atoms with Crippen LogP contribution in [0.15, 0.2) is 40.6 Å². The van der Waals surface area contributed by atoms with E-state index < -0.39 is 0 Å². The lowest BCUT2D eigenvalue weighted by atomic mass is 10.2. The summed E-state index contributed by atoms with van der Waals surface area (Å²) < 4.78 is 1.52. The van der Waals surface area contributed by atoms with Crippen LogP contribution in [0.5, 0.6) is 0 Å². The smallest absolute Gasteiger partial charge is 0.259 e. The monoisotopic (exact) mass is 314 g/mol. The number of hydrogen-bond acceptors (Lipinski definition) is 5. The van der Waals surface area contributed by atoms with Gasteiger partial charge in [0.05, 0.1) is 16.7 Å². The molecule has 6 heteroatoms. The molecule has 22 heavy (non-hydrogen) atoms. The normalized spacial score (nSPS) is 12.7. The van der Waals surface area contributed by atoms with Gasteiger partial charge in [-0.3, -0.25) is 9.20 Å². The van der Waals surface area contributed by atoms with Crippen LogP contribution in [0.2, 0.25) is 0 Å². The van der Waals surface area contributed by atoms with E-state index in [0.717, 1.165) is 10.7 Å². The van der Waals surface area contributed by atoms with E-state index in [9.17, 15) is 4.79 Å². The van der Waals surface area contributed by atoms with Gasteiger partial charge in [-0.1, -0.05) is 19.9 Å². The van der Waals surface area contributed by atoms with Crippen LogP contribution in [-0.4, -0.2) is 14.4 Å². The zero-order valence-electron chi connectivity index (χ0n) is 12.8. The number of hydrogen-bond donors (Lipinski definition) is 1. The average molecular weight is 314 g/mol. The first-order valence-electron chi connectivity index (χ1n) is 7.25. The molecule has 1 unspecified atom stereocenters. The Balaban J connectivity index is 1.87. The van der Waals surface area contributed by atoms with Gasteiger partial charge in [0.25, 0.3) is 5.56 Å². The van der Waals surface area contributed by atoms with E-state index in [-0.39, 0.29) is 11.6 Å². The van der Waals surface area contributed by atoms with Crippen LogP contribution >= 0.6 is 11.3 Å². The summed E-state index contributed by atoms with van der Waals surface area (Å²) in [6, 6.07) is 7.01. The maximum absolute atomic E-state index is 12.1. The molecule has 1 atom stereocenters. The van der Waals surface area contributed by atoms with E-state index in [4.69, 9.17) is 0 Å². The molecular weight excluding hydrogens is 296 g/mol. The largest absolute Gasteiger partial charge is 0.362 e. The first-order valence-corrected chi connectivity index (χ1v) is 8.13. The topological polar surface area (TPSA) is 59.3 Å². The zero-order chi connectivity index (χ0) is 15.7. The summed E-state index contributed by atoms with van der Waals surface area (Å²) in [7, 11) is 0. The summed E-state index contributed by atoms with van der Waals surface area (Å²) in [5.74, 6) is 0.997. The van der Waals surface area contributed by atoms with Gasteiger partial charge < -0.3 is 5.32 Å². The first-order chi connectivity index (χ1) is 10.5. The molecule has 1 N–H and O–H groups in total. The second-order valence-electron chi connectivity index (χ2n) is 5.54. The van der Waals surface area contributed by atoms with Crippen LogP contribution in [0, 0.1) is 0 Å². The predicted octanol–water partition coefficient (Wildman–Crippen LogP) is 3.45. The van der Waals surface area contributed by atoms with Crippen molar-refractivity contribution in [2.75, 3.05) is 5.32 Å². The Morgan fingerprint density at radius 2 is 2.05 bits per heavy atom. The molecule has 0 aliphatic heterocycles. The Bertz CT molecular complexity index is 852. The first kappa shape index (κ1) is 14.7. The van der Waals surface area contributed by atoms with Crippen molar-refractivity contribution in [3.05, 3.63) is 56.9 Å². The molecule has 0 fully saturated rings. The van der Waals surface area contributed by atoms with Gasteiger partial charge in [0, 0.05) is 23.6 Å². The summed E-state index contributed by atoms with van der Waals surface area (Å²) in [5, 5.41) is 6.44. The fraction of sp³-hybridized carbons (Fsp3) is 0.312. The highest BCUT2D eigenvalue weighted by Crippen LogP contribution is 2.24. The number of pyridine rings is 1. The molecule has 5 nitrogen and oxygen atoms in total. The lowest BCUT2D eigenvalue weighted by Gasteiger charge is -2.12. The highest BCUT2D eigenvalue weighted by atomic mass is 32.1. The lowest BCUT2D eigenvalue weighted by molar-refractivity contribution is 0.797. The maximum Gasteiger partial charge on any atom is 0.259 e. The highest BCUT2D eigenvalue weighted by Gasteiger charge is 2.13. The van der Waals surface area contributed by atoms with Crippen molar-refractivity contribution >= 4 is 22.8 Å². The standard InChI is InChI=1S/C16H18N4OS/c1-10(2)16-18-12(9-22-16)11(3)17-13-8-15(21)20-7-5-4-6-14(20)19-13/h4-11,17H,1-3H3. The van der Waals surface area contributed by atoms with Gasteiger partial charge >= 0.3 is 0 Å². The summed E-state index contributed by atoms with van der Waals surface area (Å²) in [4.78, 5) is 21.2. The zero-order valence-corrected chi connectivity index (χ0v) is 13.6. The van der Waals surface area contributed by atoms with Crippen molar-refractivity contribution in [1.82, 2.24) is 14.4 Å². The van der Waals surface area contributed by atoms with E-state index in [1.54, 1.807) is 17.5 Å². The van der Waals surface area contributed by atoms with Crippen molar-refractivity contribution in [3.8, 4) is 0 Å². The highest BCUT2D eigenvalue weighted by molar-refractivity contribution is 7.09. The van der Waals surface area contributed by atoms with Crippen molar-refractivity contribution in [2.24, 2.45) is 0 Å². The molecule has 0 spiro atoms. The molecule has 0 amide bonds. The number of aromatic nitrogens is 3. The summed E-state index contributed by atoms with van der Waals surface area (Å²) in [6.45, 7) is 6.28. The SMILES string of the molecule is CC(C)c1nc(C(C)Nc2cc(=O)n3ccccc3n2)cs1. The van der Waals surface area contributed by atoms with Gasteiger partial charge in [-0.15, -0.1) is 11.3 Å². The van der Waals surface area contributed by atoms with E-state index in [0.29, 0.717) is 17.4 Å². The van der Waals surface area contributed by atoms with E-state index in [1.807, 2.05) is 25.1 Å². The van der Waals surface area contributed by atoms with Gasteiger partial charge in [0.2, 0.25) is 0 Å². The van der Waals surface area contributed by atoms with Crippen molar-refractivity contribution in [2.45, 2.75) is 32.7 Å². The minimum Gasteiger partial charge on any atom is -0.362 e. The van der Waals surface area contributed by atoms with Crippen LogP contribution in [-0.2, 0) is 0 Å². The minimum atomic E-state index is -0.0959. The quantitative estimate of drug-likeness (QED) is 0.801. The number of rotatable bonds is 4. The third-order valence-electron chi connectivity index (χ3n) is 3.41. The van der Waals surface area contributed by atoms with Crippen molar-refractivity contribution in [1.29, 1.82) is 0 Å². The second-order valence-corrected chi connectivity index (χ2v) is 6.43. The van der Waals surface area contributed by atoms with E-state index >= 15 is 0 Å². The van der Waals surface area contributed by atoms with Gasteiger partial charge in [0.1, 0.15) is 11.5 Å². The summed E-state index contributed by atoms with van der Waals surface area (Å²) in [5.41, 5.74) is 1.51. The van der Waals surface area contributed by atoms with Crippen LogP contribution < -0.4 is 10.9 Å². The molecule has 114 valence electrons. The molecule has 0 aliphatic rings. The molecule has 0 aliphatic carbocycles. The molecular formula is C16H18N4OS. The number of anilines is 1. The molecule has 3 rings (SSSR count). The van der Waals surface area contributed by atoms with Crippen LogP contribution in [0.1, 0.15) is 43.4 Å². The number of thiazole rings is 1. The molecule has 3 aromatic rings. The molecule has 0 saturated heterocycles. The molecule has 0 aromatic carbocycles. The van der Waals surface area contributed by atoms with Crippen LogP contribution in [0.4, 0.5) is 5.82 Å². The maximum atomic E-state index is 12.1. The van der Waals surface area contributed by atoms with Gasteiger partial charge in [-0.05, 0) is 19.1 Å². The fourth-order valence-electron chi connectivity index (χ4n) is 2.19. The Morgan fingerprint density at radius 1 is 1.23 bits per heavy atom. The Hall–Kier alpha value is -2.21. The predicted molar refractivity (Wildman–Crippen MR) is 89.7 cm³/mol. The molecule has 3 heterocycles. The Kier molecular flexibility index (Phi) is 3.94. The van der Waals surface area contributed by atoms with Gasteiger partial charge in [-0.2, -0.15) is 0 Å². The molecule has 0 radical (unpaired) electrons. The van der Waals surface area contributed by atoms with Crippen molar-refractivity contribution < 1.29 is 0 Å². The van der Waals surface area contributed by atoms with Crippen LogP contribution in [0.25, 0.3) is 5.65 Å². The number of nitrogens with zero attached hydrogens (tertiary/aromatic N) is 3. The molecule has 0 bridgehead atoms. The van der Waals surface area contributed by atoms with Crippen molar-refractivity contribution in [3.63, 3.8) is 0 Å². The number of nitrogens with one attached hydrogen (secondary N) is 1. The Labute approximate surface area is 132 Å². The van der Waals surface area contributed by atoms with Crippen LogP contribution in [0.3, 0.4) is 0 Å². The Morgan fingerprint density at radius 3 is 2.77 bits per heavy atom. The molecule has 0 saturated carbocycles. The lowest BCUT2D eigenvalue weighted by Crippen LogP contribution is -2.17. The summed E-state index contributed by atoms with van der Waals surface area (Å²) >= 11 is 1.66. The van der Waals surface area contributed by atoms with E-state index in [1.165, 1.54) is 10.5 Å². The third kappa shape index (κ3) is 2.87. The minimum absolute atomic E-state index is 0.00168. The van der Waals surface area contributed by atoms with E-state index in [2.05, 4.69) is 34.5 Å². The second kappa shape index (κ2) is 5.88. The van der Waals surface area contributed by atoms with Gasteiger partial charge in [0.15, 0.2) is 0 Å². The third-order valence-corrected chi connectivity index (χ3v) is 4.58. The fourth-order valence-corrected chi connectivity index (χ4v) is 3.12.